The lowest BCUT2D eigenvalue weighted by molar-refractivity contribution is 0.0731. The summed E-state index contributed by atoms with van der Waals surface area (Å²) in [6.45, 7) is 4.93. The number of hydrogen-bond donors (Lipinski definition) is 0. The summed E-state index contributed by atoms with van der Waals surface area (Å²) in [5, 5.41) is 4.18. The Bertz CT molecular complexity index is 619. The Morgan fingerprint density at radius 2 is 2.10 bits per heavy atom. The van der Waals surface area contributed by atoms with Crippen LogP contribution >= 0.6 is 0 Å². The van der Waals surface area contributed by atoms with Crippen LogP contribution in [-0.2, 0) is 0 Å². The average Bonchev–Trinajstić information content (AvgIpc) is 3.16. The molecule has 1 fully saturated rings. The van der Waals surface area contributed by atoms with E-state index in [2.05, 4.69) is 19.0 Å². The van der Waals surface area contributed by atoms with Gasteiger partial charge in [0.2, 0.25) is 0 Å². The van der Waals surface area contributed by atoms with Crippen molar-refractivity contribution in [1.29, 1.82) is 0 Å². The number of carbonyl (C=O) groups is 1. The maximum atomic E-state index is 12.6. The van der Waals surface area contributed by atoms with Gasteiger partial charge in [0.05, 0.1) is 6.04 Å². The molecule has 0 aliphatic carbocycles. The number of hydrogen-bond acceptors (Lipinski definition) is 3. The number of benzene rings is 1. The molecular formula is C17H20N2O2. The maximum Gasteiger partial charge on any atom is 0.254 e. The van der Waals surface area contributed by atoms with E-state index in [4.69, 9.17) is 4.52 Å². The molecule has 1 aliphatic heterocycles. The summed E-state index contributed by atoms with van der Waals surface area (Å²) in [6.07, 6.45) is 1.95. The summed E-state index contributed by atoms with van der Waals surface area (Å²) >= 11 is 0. The monoisotopic (exact) mass is 284 g/mol. The molecule has 0 bridgehead atoms. The quantitative estimate of drug-likeness (QED) is 0.861. The Hall–Kier alpha value is -2.10. The van der Waals surface area contributed by atoms with Gasteiger partial charge in [0.25, 0.3) is 5.91 Å². The largest absolute Gasteiger partial charge is 0.361 e. The van der Waals surface area contributed by atoms with E-state index in [0.29, 0.717) is 5.92 Å². The van der Waals surface area contributed by atoms with Crippen molar-refractivity contribution in [2.24, 2.45) is 0 Å². The molecule has 21 heavy (non-hydrogen) atoms. The summed E-state index contributed by atoms with van der Waals surface area (Å²) in [7, 11) is 0. The van der Waals surface area contributed by atoms with Gasteiger partial charge in [-0.25, -0.2) is 0 Å². The van der Waals surface area contributed by atoms with Gasteiger partial charge in [0, 0.05) is 24.1 Å². The van der Waals surface area contributed by atoms with Crippen LogP contribution in [0.4, 0.5) is 0 Å². The van der Waals surface area contributed by atoms with Crippen LogP contribution in [0.5, 0.6) is 0 Å². The van der Waals surface area contributed by atoms with Crippen LogP contribution in [0.3, 0.4) is 0 Å². The zero-order chi connectivity index (χ0) is 14.8. The van der Waals surface area contributed by atoms with Gasteiger partial charge in [-0.15, -0.1) is 0 Å². The Morgan fingerprint density at radius 1 is 1.33 bits per heavy atom. The molecule has 1 saturated heterocycles. The zero-order valence-corrected chi connectivity index (χ0v) is 12.5. The zero-order valence-electron chi connectivity index (χ0n) is 12.5. The van der Waals surface area contributed by atoms with Gasteiger partial charge in [0.1, 0.15) is 11.5 Å². The number of likely N-dealkylation sites (tertiary alicyclic amines) is 1. The van der Waals surface area contributed by atoms with Crippen LogP contribution in [-0.4, -0.2) is 22.5 Å². The molecule has 4 heteroatoms. The van der Waals surface area contributed by atoms with Crippen molar-refractivity contribution < 1.29 is 9.32 Å². The number of nitrogens with zero attached hydrogens (tertiary/aromatic N) is 2. The standard InChI is InChI=1S/C17H20N2O2/c1-12(2)16-11-14(18-21-16)15-9-6-10-19(15)17(20)13-7-4-3-5-8-13/h3-5,7-8,11-12,15H,6,9-10H2,1-2H3. The van der Waals surface area contributed by atoms with Crippen molar-refractivity contribution in [1.82, 2.24) is 10.1 Å². The molecule has 3 rings (SSSR count). The fourth-order valence-electron chi connectivity index (χ4n) is 2.80. The van der Waals surface area contributed by atoms with Crippen molar-refractivity contribution in [3.05, 3.63) is 53.4 Å². The van der Waals surface area contributed by atoms with Gasteiger partial charge in [0.15, 0.2) is 0 Å². The van der Waals surface area contributed by atoms with Crippen molar-refractivity contribution in [2.75, 3.05) is 6.54 Å². The third kappa shape index (κ3) is 2.71. The van der Waals surface area contributed by atoms with E-state index in [1.165, 1.54) is 0 Å². The molecule has 1 aromatic carbocycles. The Labute approximate surface area is 124 Å². The minimum Gasteiger partial charge on any atom is -0.361 e. The van der Waals surface area contributed by atoms with E-state index in [9.17, 15) is 4.79 Å². The molecule has 0 radical (unpaired) electrons. The minimum absolute atomic E-state index is 0.0361. The van der Waals surface area contributed by atoms with Crippen LogP contribution in [0.15, 0.2) is 40.9 Å². The predicted molar refractivity (Wildman–Crippen MR) is 80.0 cm³/mol. The SMILES string of the molecule is CC(C)c1cc(C2CCCN2C(=O)c2ccccc2)no1. The van der Waals surface area contributed by atoms with Crippen molar-refractivity contribution >= 4 is 5.91 Å². The van der Waals surface area contributed by atoms with Crippen LogP contribution in [0.1, 0.15) is 60.5 Å². The first-order valence-electron chi connectivity index (χ1n) is 7.49. The summed E-state index contributed by atoms with van der Waals surface area (Å²) in [5.41, 5.74) is 1.61. The highest BCUT2D eigenvalue weighted by atomic mass is 16.5. The Morgan fingerprint density at radius 3 is 2.76 bits per heavy atom. The van der Waals surface area contributed by atoms with Gasteiger partial charge >= 0.3 is 0 Å². The molecular weight excluding hydrogens is 264 g/mol. The second kappa shape index (κ2) is 5.72. The van der Waals surface area contributed by atoms with Crippen molar-refractivity contribution in [2.45, 2.75) is 38.6 Å². The number of rotatable bonds is 3. The van der Waals surface area contributed by atoms with Gasteiger partial charge in [-0.3, -0.25) is 4.79 Å². The highest BCUT2D eigenvalue weighted by Crippen LogP contribution is 2.33. The average molecular weight is 284 g/mol. The maximum absolute atomic E-state index is 12.6. The second-order valence-electron chi connectivity index (χ2n) is 5.83. The highest BCUT2D eigenvalue weighted by molar-refractivity contribution is 5.94. The van der Waals surface area contributed by atoms with Gasteiger partial charge in [-0.05, 0) is 25.0 Å². The molecule has 0 saturated carbocycles. The summed E-state index contributed by atoms with van der Waals surface area (Å²) in [4.78, 5) is 14.6. The third-order valence-corrected chi connectivity index (χ3v) is 3.99. The van der Waals surface area contributed by atoms with Crippen LogP contribution in [0.25, 0.3) is 0 Å². The molecule has 1 unspecified atom stereocenters. The fraction of sp³-hybridized carbons (Fsp3) is 0.412. The molecule has 2 aromatic rings. The minimum atomic E-state index is 0.0361. The summed E-state index contributed by atoms with van der Waals surface area (Å²) < 4.78 is 5.38. The molecule has 4 nitrogen and oxygen atoms in total. The Kier molecular flexibility index (Phi) is 3.78. The lowest BCUT2D eigenvalue weighted by Gasteiger charge is -2.23. The first kappa shape index (κ1) is 13.9. The molecule has 1 amide bonds. The molecule has 1 aliphatic rings. The van der Waals surface area contributed by atoms with E-state index in [0.717, 1.165) is 36.4 Å². The Balaban J connectivity index is 1.83. The number of amides is 1. The first-order chi connectivity index (χ1) is 10.2. The summed E-state index contributed by atoms with van der Waals surface area (Å²) in [5.74, 6) is 1.27. The van der Waals surface area contributed by atoms with Crippen molar-refractivity contribution in [3.63, 3.8) is 0 Å². The van der Waals surface area contributed by atoms with E-state index in [1.54, 1.807) is 0 Å². The molecule has 0 spiro atoms. The molecule has 1 aromatic heterocycles. The predicted octanol–water partition coefficient (Wildman–Crippen LogP) is 3.78. The molecule has 2 heterocycles. The molecule has 0 N–H and O–H groups in total. The van der Waals surface area contributed by atoms with E-state index >= 15 is 0 Å². The molecule has 110 valence electrons. The smallest absolute Gasteiger partial charge is 0.254 e. The van der Waals surface area contributed by atoms with Crippen LogP contribution in [0.2, 0.25) is 0 Å². The lowest BCUT2D eigenvalue weighted by atomic mass is 10.1. The number of carbonyl (C=O) groups excluding carboxylic acids is 1. The van der Waals surface area contributed by atoms with Crippen molar-refractivity contribution in [3.8, 4) is 0 Å². The number of aromatic nitrogens is 1. The highest BCUT2D eigenvalue weighted by Gasteiger charge is 2.32. The van der Waals surface area contributed by atoms with Gasteiger partial charge < -0.3 is 9.42 Å². The summed E-state index contributed by atoms with van der Waals surface area (Å²) in [6, 6.07) is 11.5. The van der Waals surface area contributed by atoms with E-state index in [-0.39, 0.29) is 11.9 Å². The van der Waals surface area contributed by atoms with E-state index in [1.807, 2.05) is 41.3 Å². The molecule has 1 atom stereocenters. The van der Waals surface area contributed by atoms with Crippen LogP contribution in [0, 0.1) is 0 Å². The lowest BCUT2D eigenvalue weighted by Crippen LogP contribution is -2.30. The second-order valence-corrected chi connectivity index (χ2v) is 5.83. The van der Waals surface area contributed by atoms with E-state index < -0.39 is 0 Å². The van der Waals surface area contributed by atoms with Gasteiger partial charge in [-0.2, -0.15) is 0 Å². The van der Waals surface area contributed by atoms with Crippen LogP contribution < -0.4 is 0 Å². The fourth-order valence-corrected chi connectivity index (χ4v) is 2.80. The topological polar surface area (TPSA) is 46.3 Å². The normalized spacial score (nSPS) is 18.4. The third-order valence-electron chi connectivity index (χ3n) is 3.99. The van der Waals surface area contributed by atoms with Gasteiger partial charge in [-0.1, -0.05) is 37.2 Å². The first-order valence-corrected chi connectivity index (χ1v) is 7.49.